The summed E-state index contributed by atoms with van der Waals surface area (Å²) in [4.78, 5) is 25.8. The number of fused-ring (bicyclic) bond motifs is 1. The Morgan fingerprint density at radius 3 is 2.70 bits per heavy atom. The summed E-state index contributed by atoms with van der Waals surface area (Å²) in [6.07, 6.45) is 0.692. The van der Waals surface area contributed by atoms with E-state index in [0.717, 1.165) is 0 Å². The van der Waals surface area contributed by atoms with Gasteiger partial charge in [0.1, 0.15) is 0 Å². The highest BCUT2D eigenvalue weighted by atomic mass is 16.5. The van der Waals surface area contributed by atoms with E-state index in [1.165, 1.54) is 0 Å². The topological polar surface area (TPSA) is 58.6 Å². The second-order valence-corrected chi connectivity index (χ2v) is 5.46. The Bertz CT molecular complexity index is 526. The Morgan fingerprint density at radius 1 is 1.30 bits per heavy atom. The Morgan fingerprint density at radius 2 is 2.00 bits per heavy atom. The lowest BCUT2D eigenvalue weighted by Gasteiger charge is -2.28. The molecule has 1 aliphatic rings. The summed E-state index contributed by atoms with van der Waals surface area (Å²) in [6, 6.07) is 7.17. The lowest BCUT2D eigenvalue weighted by molar-refractivity contribution is -0.117. The minimum absolute atomic E-state index is 0.0287. The van der Waals surface area contributed by atoms with Gasteiger partial charge in [-0.05, 0) is 32.4 Å². The second kappa shape index (κ2) is 5.63. The number of rotatable bonds is 4. The predicted octanol–water partition coefficient (Wildman–Crippen LogP) is 1.58. The molecule has 1 aliphatic heterocycles. The molecule has 0 aromatic heterocycles. The monoisotopic (exact) mass is 276 g/mol. The van der Waals surface area contributed by atoms with Crippen molar-refractivity contribution >= 4 is 17.5 Å². The average Bonchev–Trinajstić information content (AvgIpc) is 2.56. The SMILES string of the molecule is COC(C)(C)CCN1C(=O)CNC(=O)c2ccccc21. The Balaban J connectivity index is 2.28. The summed E-state index contributed by atoms with van der Waals surface area (Å²) in [7, 11) is 1.66. The maximum atomic E-state index is 12.2. The molecule has 0 aliphatic carbocycles. The zero-order chi connectivity index (χ0) is 14.8. The van der Waals surface area contributed by atoms with Crippen molar-refractivity contribution in [2.75, 3.05) is 25.1 Å². The molecule has 0 radical (unpaired) electrons. The molecule has 0 saturated carbocycles. The number of carbonyl (C=O) groups is 2. The van der Waals surface area contributed by atoms with Gasteiger partial charge in [-0.1, -0.05) is 12.1 Å². The summed E-state index contributed by atoms with van der Waals surface area (Å²) < 4.78 is 5.38. The molecule has 0 fully saturated rings. The zero-order valence-electron chi connectivity index (χ0n) is 12.1. The van der Waals surface area contributed by atoms with Crippen LogP contribution in [-0.2, 0) is 9.53 Å². The fourth-order valence-corrected chi connectivity index (χ4v) is 2.11. The number of nitrogens with zero attached hydrogens (tertiary/aromatic N) is 1. The third-order valence-electron chi connectivity index (χ3n) is 3.63. The maximum Gasteiger partial charge on any atom is 0.253 e. The first-order valence-electron chi connectivity index (χ1n) is 6.67. The van der Waals surface area contributed by atoms with Crippen LogP contribution in [0.5, 0.6) is 0 Å². The standard InChI is InChI=1S/C15H20N2O3/c1-15(2,20-3)8-9-17-12-7-5-4-6-11(12)14(19)16-10-13(17)18/h4-7H,8-10H2,1-3H3,(H,16,19). The van der Waals surface area contributed by atoms with E-state index in [9.17, 15) is 9.59 Å². The van der Waals surface area contributed by atoms with Crippen LogP contribution in [0.15, 0.2) is 24.3 Å². The number of nitrogens with one attached hydrogen (secondary N) is 1. The summed E-state index contributed by atoms with van der Waals surface area (Å²) >= 11 is 0. The molecule has 20 heavy (non-hydrogen) atoms. The molecule has 0 atom stereocenters. The number of methoxy groups -OCH3 is 1. The average molecular weight is 276 g/mol. The van der Waals surface area contributed by atoms with Crippen LogP contribution in [0, 0.1) is 0 Å². The maximum absolute atomic E-state index is 12.2. The quantitative estimate of drug-likeness (QED) is 0.908. The van der Waals surface area contributed by atoms with Crippen molar-refractivity contribution in [3.8, 4) is 0 Å². The van der Waals surface area contributed by atoms with Crippen LogP contribution in [0.2, 0.25) is 0 Å². The molecule has 0 bridgehead atoms. The van der Waals surface area contributed by atoms with E-state index >= 15 is 0 Å². The van der Waals surface area contributed by atoms with Crippen LogP contribution >= 0.6 is 0 Å². The van der Waals surface area contributed by atoms with Crippen LogP contribution in [0.25, 0.3) is 0 Å². The van der Waals surface area contributed by atoms with E-state index in [1.54, 1.807) is 30.2 Å². The number of hydrogen-bond donors (Lipinski definition) is 1. The minimum atomic E-state index is -0.307. The molecular weight excluding hydrogens is 256 g/mol. The molecule has 0 spiro atoms. The molecule has 1 heterocycles. The van der Waals surface area contributed by atoms with Crippen molar-refractivity contribution in [1.29, 1.82) is 0 Å². The number of hydrogen-bond acceptors (Lipinski definition) is 3. The smallest absolute Gasteiger partial charge is 0.253 e. The Hall–Kier alpha value is -1.88. The number of benzene rings is 1. The molecule has 1 N–H and O–H groups in total. The van der Waals surface area contributed by atoms with Gasteiger partial charge in [-0.2, -0.15) is 0 Å². The third kappa shape index (κ3) is 2.99. The lowest BCUT2D eigenvalue weighted by atomic mass is 10.0. The number of para-hydroxylation sites is 1. The number of anilines is 1. The minimum Gasteiger partial charge on any atom is -0.379 e. The van der Waals surface area contributed by atoms with Crippen molar-refractivity contribution in [2.45, 2.75) is 25.9 Å². The lowest BCUT2D eigenvalue weighted by Crippen LogP contribution is -2.39. The summed E-state index contributed by atoms with van der Waals surface area (Å²) in [5, 5.41) is 2.63. The van der Waals surface area contributed by atoms with E-state index in [-0.39, 0.29) is 24.0 Å². The van der Waals surface area contributed by atoms with Gasteiger partial charge in [0, 0.05) is 13.7 Å². The molecule has 1 aromatic carbocycles. The molecule has 1 aromatic rings. The van der Waals surface area contributed by atoms with Crippen molar-refractivity contribution in [1.82, 2.24) is 5.32 Å². The van der Waals surface area contributed by atoms with Crippen LogP contribution in [-0.4, -0.2) is 37.6 Å². The van der Waals surface area contributed by atoms with Gasteiger partial charge in [-0.25, -0.2) is 0 Å². The van der Waals surface area contributed by atoms with Crippen molar-refractivity contribution < 1.29 is 14.3 Å². The molecule has 5 nitrogen and oxygen atoms in total. The van der Waals surface area contributed by atoms with Crippen molar-refractivity contribution in [3.05, 3.63) is 29.8 Å². The molecule has 108 valence electrons. The number of ether oxygens (including phenoxy) is 1. The first-order chi connectivity index (χ1) is 9.44. The van der Waals surface area contributed by atoms with Gasteiger partial charge in [0.25, 0.3) is 5.91 Å². The first kappa shape index (κ1) is 14.5. The third-order valence-corrected chi connectivity index (χ3v) is 3.63. The summed E-state index contributed by atoms with van der Waals surface area (Å²) in [6.45, 7) is 4.50. The van der Waals surface area contributed by atoms with E-state index in [0.29, 0.717) is 24.2 Å². The van der Waals surface area contributed by atoms with Crippen LogP contribution in [0.1, 0.15) is 30.6 Å². The van der Waals surface area contributed by atoms with Gasteiger partial charge in [-0.15, -0.1) is 0 Å². The second-order valence-electron chi connectivity index (χ2n) is 5.46. The van der Waals surface area contributed by atoms with Gasteiger partial charge in [-0.3, -0.25) is 9.59 Å². The van der Waals surface area contributed by atoms with Gasteiger partial charge in [0.2, 0.25) is 5.91 Å². The largest absolute Gasteiger partial charge is 0.379 e. The van der Waals surface area contributed by atoms with Gasteiger partial charge < -0.3 is 15.0 Å². The van der Waals surface area contributed by atoms with Gasteiger partial charge in [0.15, 0.2) is 0 Å². The number of carbonyl (C=O) groups excluding carboxylic acids is 2. The molecule has 0 unspecified atom stereocenters. The van der Waals surface area contributed by atoms with Gasteiger partial charge in [0.05, 0.1) is 23.4 Å². The normalized spacial score (nSPS) is 15.7. The van der Waals surface area contributed by atoms with E-state index in [4.69, 9.17) is 4.74 Å². The molecule has 5 heteroatoms. The van der Waals surface area contributed by atoms with Crippen molar-refractivity contribution in [2.24, 2.45) is 0 Å². The summed E-state index contributed by atoms with van der Waals surface area (Å²) in [5.74, 6) is -0.308. The van der Waals surface area contributed by atoms with E-state index in [2.05, 4.69) is 5.32 Å². The fourth-order valence-electron chi connectivity index (χ4n) is 2.11. The zero-order valence-corrected chi connectivity index (χ0v) is 12.1. The van der Waals surface area contributed by atoms with Crippen LogP contribution in [0.4, 0.5) is 5.69 Å². The van der Waals surface area contributed by atoms with Crippen LogP contribution < -0.4 is 10.2 Å². The Kier molecular flexibility index (Phi) is 4.09. The molecule has 0 saturated heterocycles. The molecular formula is C15H20N2O3. The molecule has 2 rings (SSSR count). The molecule has 2 amide bonds. The highest BCUT2D eigenvalue weighted by Gasteiger charge is 2.27. The predicted molar refractivity (Wildman–Crippen MR) is 76.8 cm³/mol. The van der Waals surface area contributed by atoms with Crippen LogP contribution in [0.3, 0.4) is 0 Å². The summed E-state index contributed by atoms with van der Waals surface area (Å²) in [5.41, 5.74) is 0.895. The van der Waals surface area contributed by atoms with Crippen molar-refractivity contribution in [3.63, 3.8) is 0 Å². The van der Waals surface area contributed by atoms with E-state index in [1.807, 2.05) is 19.9 Å². The van der Waals surface area contributed by atoms with Gasteiger partial charge >= 0.3 is 0 Å². The van der Waals surface area contributed by atoms with E-state index < -0.39 is 0 Å². The highest BCUT2D eigenvalue weighted by Crippen LogP contribution is 2.24. The Labute approximate surface area is 118 Å². The fraction of sp³-hybridized carbons (Fsp3) is 0.467. The number of amides is 2. The first-order valence-corrected chi connectivity index (χ1v) is 6.67. The highest BCUT2D eigenvalue weighted by molar-refractivity contribution is 6.09.